The van der Waals surface area contributed by atoms with Crippen LogP contribution in [0.4, 0.5) is 0 Å². The van der Waals surface area contributed by atoms with Gasteiger partial charge in [0, 0.05) is 7.05 Å². The van der Waals surface area contributed by atoms with E-state index in [0.717, 1.165) is 24.8 Å². The first-order valence-electron chi connectivity index (χ1n) is 10.2. The molecule has 0 bridgehead atoms. The van der Waals surface area contributed by atoms with E-state index in [2.05, 4.69) is 10.2 Å². The number of hydrogen-bond acceptors (Lipinski definition) is 5. The summed E-state index contributed by atoms with van der Waals surface area (Å²) in [5.41, 5.74) is 4.67. The highest BCUT2D eigenvalue weighted by atomic mass is 16.5. The second-order valence-corrected chi connectivity index (χ2v) is 7.90. The number of nitrogens with zero attached hydrogens (tertiary/aromatic N) is 4. The Morgan fingerprint density at radius 1 is 1.07 bits per heavy atom. The van der Waals surface area contributed by atoms with Crippen LogP contribution < -0.4 is 5.56 Å². The van der Waals surface area contributed by atoms with Crippen LogP contribution in [0.1, 0.15) is 45.7 Å². The fourth-order valence-electron chi connectivity index (χ4n) is 4.23. The van der Waals surface area contributed by atoms with Crippen molar-refractivity contribution in [3.63, 3.8) is 0 Å². The first-order chi connectivity index (χ1) is 14.5. The Balaban J connectivity index is 1.48. The molecule has 2 aromatic carbocycles. The maximum absolute atomic E-state index is 12.7. The number of aryl methyl sites for hydroxylation is 4. The molecule has 0 saturated carbocycles. The lowest BCUT2D eigenvalue weighted by molar-refractivity contribution is 0.0461. The van der Waals surface area contributed by atoms with Crippen molar-refractivity contribution in [1.82, 2.24) is 19.2 Å². The molecule has 4 aromatic rings. The Bertz CT molecular complexity index is 1370. The number of benzene rings is 2. The van der Waals surface area contributed by atoms with Crippen LogP contribution in [0.2, 0.25) is 0 Å². The van der Waals surface area contributed by atoms with Gasteiger partial charge in [0.25, 0.3) is 5.56 Å². The second kappa shape index (κ2) is 7.09. The van der Waals surface area contributed by atoms with E-state index in [1.54, 1.807) is 11.4 Å². The molecule has 2 heterocycles. The first-order valence-corrected chi connectivity index (χ1v) is 10.2. The van der Waals surface area contributed by atoms with Crippen molar-refractivity contribution in [2.75, 3.05) is 0 Å². The van der Waals surface area contributed by atoms with Gasteiger partial charge < -0.3 is 4.74 Å². The molecule has 0 atom stereocenters. The lowest BCUT2D eigenvalue weighted by atomic mass is 9.90. The minimum Gasteiger partial charge on any atom is -0.454 e. The van der Waals surface area contributed by atoms with Gasteiger partial charge in [0.15, 0.2) is 12.4 Å². The lowest BCUT2D eigenvalue weighted by Crippen LogP contribution is -2.20. The molecule has 2 aromatic heterocycles. The molecule has 0 N–H and O–H groups in total. The summed E-state index contributed by atoms with van der Waals surface area (Å²) in [6, 6.07) is 11.5. The standard InChI is InChI=1S/C23H22N4O3/c1-14-7-10-19-18(11-14)21(28)26(2)23-25-24-20(27(19)23)13-30-22(29)17-9-8-15-5-3-4-6-16(15)12-17/h7-12H,3-6,13H2,1-2H3. The fraction of sp³-hybridized carbons (Fsp3) is 0.304. The van der Waals surface area contributed by atoms with Gasteiger partial charge in [-0.3, -0.25) is 13.8 Å². The van der Waals surface area contributed by atoms with Crippen LogP contribution >= 0.6 is 0 Å². The first kappa shape index (κ1) is 18.5. The molecule has 0 spiro atoms. The second-order valence-electron chi connectivity index (χ2n) is 7.90. The summed E-state index contributed by atoms with van der Waals surface area (Å²) >= 11 is 0. The van der Waals surface area contributed by atoms with E-state index < -0.39 is 0 Å². The number of hydrogen-bond donors (Lipinski definition) is 0. The Morgan fingerprint density at radius 2 is 1.87 bits per heavy atom. The smallest absolute Gasteiger partial charge is 0.338 e. The molecular weight excluding hydrogens is 380 g/mol. The van der Waals surface area contributed by atoms with E-state index in [1.807, 2.05) is 43.3 Å². The molecule has 5 rings (SSSR count). The van der Waals surface area contributed by atoms with Crippen molar-refractivity contribution in [3.05, 3.63) is 74.8 Å². The summed E-state index contributed by atoms with van der Waals surface area (Å²) in [7, 11) is 1.66. The van der Waals surface area contributed by atoms with E-state index in [9.17, 15) is 9.59 Å². The summed E-state index contributed by atoms with van der Waals surface area (Å²) in [5, 5.41) is 8.90. The van der Waals surface area contributed by atoms with Crippen molar-refractivity contribution in [3.8, 4) is 0 Å². The third-order valence-corrected chi connectivity index (χ3v) is 5.86. The molecule has 0 aliphatic heterocycles. The van der Waals surface area contributed by atoms with Gasteiger partial charge in [-0.25, -0.2) is 4.79 Å². The van der Waals surface area contributed by atoms with Crippen LogP contribution in [0.25, 0.3) is 16.7 Å². The summed E-state index contributed by atoms with van der Waals surface area (Å²) in [6.45, 7) is 1.91. The molecule has 1 aliphatic carbocycles. The quantitative estimate of drug-likeness (QED) is 0.492. The number of esters is 1. The van der Waals surface area contributed by atoms with E-state index in [0.29, 0.717) is 28.1 Å². The van der Waals surface area contributed by atoms with Crippen molar-refractivity contribution in [1.29, 1.82) is 0 Å². The number of carbonyl (C=O) groups excluding carboxylic acids is 1. The average molecular weight is 402 g/mol. The van der Waals surface area contributed by atoms with E-state index in [4.69, 9.17) is 4.74 Å². The van der Waals surface area contributed by atoms with Gasteiger partial charge in [0.2, 0.25) is 5.78 Å². The molecule has 0 radical (unpaired) electrons. The Morgan fingerprint density at radius 3 is 2.70 bits per heavy atom. The van der Waals surface area contributed by atoms with Gasteiger partial charge in [-0.2, -0.15) is 0 Å². The van der Waals surface area contributed by atoms with Crippen LogP contribution in [0.3, 0.4) is 0 Å². The van der Waals surface area contributed by atoms with E-state index in [1.165, 1.54) is 22.1 Å². The molecule has 0 saturated heterocycles. The third kappa shape index (κ3) is 2.98. The molecule has 30 heavy (non-hydrogen) atoms. The summed E-state index contributed by atoms with van der Waals surface area (Å²) in [6.07, 6.45) is 4.43. The van der Waals surface area contributed by atoms with Crippen LogP contribution in [0.15, 0.2) is 41.2 Å². The number of aromatic nitrogens is 4. The predicted octanol–water partition coefficient (Wildman–Crippen LogP) is 3.13. The van der Waals surface area contributed by atoms with Crippen LogP contribution in [-0.2, 0) is 31.2 Å². The maximum atomic E-state index is 12.7. The van der Waals surface area contributed by atoms with E-state index >= 15 is 0 Å². The van der Waals surface area contributed by atoms with Crippen LogP contribution in [0, 0.1) is 6.92 Å². The lowest BCUT2D eigenvalue weighted by Gasteiger charge is -2.16. The van der Waals surface area contributed by atoms with E-state index in [-0.39, 0.29) is 18.1 Å². The summed E-state index contributed by atoms with van der Waals surface area (Å²) in [5.74, 6) is 0.502. The van der Waals surface area contributed by atoms with Gasteiger partial charge in [-0.1, -0.05) is 17.7 Å². The maximum Gasteiger partial charge on any atom is 0.338 e. The number of carbonyl (C=O) groups is 1. The van der Waals surface area contributed by atoms with Gasteiger partial charge >= 0.3 is 5.97 Å². The number of ether oxygens (including phenoxy) is 1. The monoisotopic (exact) mass is 402 g/mol. The number of rotatable bonds is 3. The normalized spacial score (nSPS) is 13.5. The number of fused-ring (bicyclic) bond motifs is 4. The zero-order valence-electron chi connectivity index (χ0n) is 17.0. The molecule has 152 valence electrons. The minimum absolute atomic E-state index is 0.0295. The average Bonchev–Trinajstić information content (AvgIpc) is 3.19. The minimum atomic E-state index is -0.384. The predicted molar refractivity (Wildman–Crippen MR) is 113 cm³/mol. The molecule has 0 fully saturated rings. The summed E-state index contributed by atoms with van der Waals surface area (Å²) in [4.78, 5) is 25.3. The molecule has 0 amide bonds. The Labute approximate surface area is 172 Å². The van der Waals surface area contributed by atoms with Gasteiger partial charge in [-0.05, 0) is 68.0 Å². The van der Waals surface area contributed by atoms with Crippen molar-refractivity contribution in [2.45, 2.75) is 39.2 Å². The Hall–Kier alpha value is -3.48. The summed E-state index contributed by atoms with van der Waals surface area (Å²) < 4.78 is 8.80. The van der Waals surface area contributed by atoms with Gasteiger partial charge in [-0.15, -0.1) is 10.2 Å². The highest BCUT2D eigenvalue weighted by molar-refractivity contribution is 5.89. The van der Waals surface area contributed by atoms with Crippen molar-refractivity contribution >= 4 is 22.6 Å². The van der Waals surface area contributed by atoms with Crippen molar-refractivity contribution in [2.24, 2.45) is 7.05 Å². The van der Waals surface area contributed by atoms with Crippen LogP contribution in [0.5, 0.6) is 0 Å². The highest BCUT2D eigenvalue weighted by Gasteiger charge is 2.18. The fourth-order valence-corrected chi connectivity index (χ4v) is 4.23. The molecule has 0 unspecified atom stereocenters. The third-order valence-electron chi connectivity index (χ3n) is 5.86. The zero-order chi connectivity index (χ0) is 20.8. The molecular formula is C23H22N4O3. The topological polar surface area (TPSA) is 78.5 Å². The van der Waals surface area contributed by atoms with Crippen molar-refractivity contribution < 1.29 is 9.53 Å². The van der Waals surface area contributed by atoms with Crippen LogP contribution in [-0.4, -0.2) is 25.1 Å². The Kier molecular flexibility index (Phi) is 4.38. The zero-order valence-corrected chi connectivity index (χ0v) is 17.0. The molecule has 7 nitrogen and oxygen atoms in total. The van der Waals surface area contributed by atoms with Gasteiger partial charge in [0.1, 0.15) is 0 Å². The highest BCUT2D eigenvalue weighted by Crippen LogP contribution is 2.23. The molecule has 7 heteroatoms. The largest absolute Gasteiger partial charge is 0.454 e. The van der Waals surface area contributed by atoms with Gasteiger partial charge in [0.05, 0.1) is 16.5 Å². The molecule has 1 aliphatic rings. The SMILES string of the molecule is Cc1ccc2c(c1)c(=O)n(C)c1nnc(COC(=O)c3ccc4c(c3)CCCC4)n21.